The van der Waals surface area contributed by atoms with Gasteiger partial charge in [-0.1, -0.05) is 6.07 Å². The number of imide groups is 1. The summed E-state index contributed by atoms with van der Waals surface area (Å²) in [4.78, 5) is 26.8. The van der Waals surface area contributed by atoms with Crippen molar-refractivity contribution in [1.82, 2.24) is 4.90 Å². The van der Waals surface area contributed by atoms with Crippen molar-refractivity contribution in [2.75, 3.05) is 25.7 Å². The molecular weight excluding hydrogens is 396 g/mol. The lowest BCUT2D eigenvalue weighted by Crippen LogP contribution is -2.49. The number of benzene rings is 1. The summed E-state index contributed by atoms with van der Waals surface area (Å²) >= 11 is 0. The second kappa shape index (κ2) is 7.72. The van der Waals surface area contributed by atoms with Gasteiger partial charge in [-0.3, -0.25) is 14.5 Å². The van der Waals surface area contributed by atoms with E-state index in [0.717, 1.165) is 4.90 Å². The Morgan fingerprint density at radius 2 is 1.86 bits per heavy atom. The molecule has 1 aromatic carbocycles. The molecule has 9 heteroatoms. The molecule has 2 aliphatic heterocycles. The van der Waals surface area contributed by atoms with E-state index in [2.05, 4.69) is 0 Å². The van der Waals surface area contributed by atoms with Crippen molar-refractivity contribution in [3.63, 3.8) is 0 Å². The number of sulfone groups is 1. The van der Waals surface area contributed by atoms with Crippen LogP contribution in [-0.4, -0.2) is 56.9 Å². The van der Waals surface area contributed by atoms with E-state index in [1.54, 1.807) is 24.3 Å². The highest BCUT2D eigenvalue weighted by Crippen LogP contribution is 2.33. The number of nitrogens with zero attached hydrogens (tertiary/aromatic N) is 2. The van der Waals surface area contributed by atoms with Gasteiger partial charge < -0.3 is 9.47 Å². The largest absolute Gasteiger partial charge is 0.493 e. The minimum atomic E-state index is -3.32. The second-order valence-corrected chi connectivity index (χ2v) is 9.05. The minimum Gasteiger partial charge on any atom is -0.493 e. The van der Waals surface area contributed by atoms with Gasteiger partial charge in [-0.25, -0.2) is 8.42 Å². The molecule has 3 rings (SSSR count). The Morgan fingerprint density at radius 1 is 1.17 bits per heavy atom. The topological polar surface area (TPSA) is 114 Å². The average molecular weight is 416 g/mol. The second-order valence-electron chi connectivity index (χ2n) is 6.82. The summed E-state index contributed by atoms with van der Waals surface area (Å²) in [5.41, 5.74) is 0.865. The predicted octanol–water partition coefficient (Wildman–Crippen LogP) is 1.48. The van der Waals surface area contributed by atoms with Crippen LogP contribution in [0.3, 0.4) is 0 Å². The van der Waals surface area contributed by atoms with Gasteiger partial charge in [0.25, 0.3) is 11.8 Å². The fourth-order valence-electron chi connectivity index (χ4n) is 3.52. The fourth-order valence-corrected chi connectivity index (χ4v) is 5.22. The first kappa shape index (κ1) is 20.6. The Morgan fingerprint density at radius 3 is 2.41 bits per heavy atom. The van der Waals surface area contributed by atoms with Gasteiger partial charge in [0.2, 0.25) is 0 Å². The summed E-state index contributed by atoms with van der Waals surface area (Å²) in [5, 5.41) is 9.47. The van der Waals surface area contributed by atoms with Crippen LogP contribution >= 0.6 is 0 Å². The number of amides is 2. The zero-order chi connectivity index (χ0) is 21.3. The average Bonchev–Trinajstić information content (AvgIpc) is 3.04. The Hall–Kier alpha value is -3.12. The zero-order valence-corrected chi connectivity index (χ0v) is 17.1. The summed E-state index contributed by atoms with van der Waals surface area (Å²) in [6, 6.07) is 6.13. The van der Waals surface area contributed by atoms with Crippen molar-refractivity contribution < 1.29 is 27.5 Å². The molecule has 0 radical (unpaired) electrons. The molecule has 2 heterocycles. The van der Waals surface area contributed by atoms with Crippen LogP contribution in [0.15, 0.2) is 34.9 Å². The molecule has 1 atom stereocenters. The van der Waals surface area contributed by atoms with Crippen LogP contribution in [0, 0.1) is 11.3 Å². The molecule has 1 saturated heterocycles. The van der Waals surface area contributed by atoms with E-state index < -0.39 is 27.7 Å². The van der Waals surface area contributed by atoms with Crippen LogP contribution in [0.2, 0.25) is 0 Å². The monoisotopic (exact) mass is 416 g/mol. The predicted molar refractivity (Wildman–Crippen MR) is 105 cm³/mol. The zero-order valence-electron chi connectivity index (χ0n) is 16.3. The first-order chi connectivity index (χ1) is 13.7. The molecule has 0 aromatic heterocycles. The smallest absolute Gasteiger partial charge is 0.271 e. The van der Waals surface area contributed by atoms with Crippen LogP contribution in [0.25, 0.3) is 6.08 Å². The van der Waals surface area contributed by atoms with E-state index in [4.69, 9.17) is 9.47 Å². The van der Waals surface area contributed by atoms with Gasteiger partial charge in [-0.05, 0) is 42.7 Å². The Balaban J connectivity index is 2.09. The highest BCUT2D eigenvalue weighted by molar-refractivity contribution is 7.91. The molecule has 1 unspecified atom stereocenters. The number of hydrogen-bond acceptors (Lipinski definition) is 7. The number of methoxy groups -OCH3 is 2. The van der Waals surface area contributed by atoms with Crippen molar-refractivity contribution in [1.29, 1.82) is 5.26 Å². The van der Waals surface area contributed by atoms with Crippen LogP contribution in [-0.2, 0) is 19.4 Å². The van der Waals surface area contributed by atoms with E-state index >= 15 is 0 Å². The minimum absolute atomic E-state index is 0.0892. The number of carbonyl (C=O) groups is 2. The molecule has 2 amide bonds. The molecule has 1 fully saturated rings. The third-order valence-corrected chi connectivity index (χ3v) is 6.82. The lowest BCUT2D eigenvalue weighted by atomic mass is 9.92. The van der Waals surface area contributed by atoms with Crippen molar-refractivity contribution >= 4 is 27.7 Å². The van der Waals surface area contributed by atoms with Gasteiger partial charge in [0.05, 0.1) is 31.8 Å². The van der Waals surface area contributed by atoms with E-state index in [1.807, 2.05) is 6.07 Å². The summed E-state index contributed by atoms with van der Waals surface area (Å²) in [6.45, 7) is 1.53. The highest BCUT2D eigenvalue weighted by Gasteiger charge is 2.43. The Kier molecular flexibility index (Phi) is 5.48. The number of hydrogen-bond donors (Lipinski definition) is 0. The lowest BCUT2D eigenvalue weighted by Gasteiger charge is -2.31. The van der Waals surface area contributed by atoms with Crippen molar-refractivity contribution in [2.45, 2.75) is 19.4 Å². The van der Waals surface area contributed by atoms with Crippen molar-refractivity contribution in [3.05, 3.63) is 40.5 Å². The van der Waals surface area contributed by atoms with E-state index in [9.17, 15) is 23.3 Å². The summed E-state index contributed by atoms with van der Waals surface area (Å²) in [7, 11) is -0.325. The Bertz CT molecular complexity index is 1090. The summed E-state index contributed by atoms with van der Waals surface area (Å²) < 4.78 is 34.2. The Labute approximate surface area is 168 Å². The number of ether oxygens (including phenoxy) is 2. The molecule has 0 bridgehead atoms. The van der Waals surface area contributed by atoms with Gasteiger partial charge in [0.15, 0.2) is 21.3 Å². The van der Waals surface area contributed by atoms with Crippen LogP contribution in [0.5, 0.6) is 11.5 Å². The molecule has 0 spiro atoms. The normalized spacial score (nSPS) is 22.8. The molecule has 0 N–H and O–H groups in total. The molecule has 8 nitrogen and oxygen atoms in total. The van der Waals surface area contributed by atoms with Crippen molar-refractivity contribution in [2.24, 2.45) is 0 Å². The maximum Gasteiger partial charge on any atom is 0.271 e. The molecule has 0 saturated carbocycles. The summed E-state index contributed by atoms with van der Waals surface area (Å²) in [6.07, 6.45) is 1.72. The highest BCUT2D eigenvalue weighted by atomic mass is 32.2. The molecule has 152 valence electrons. The van der Waals surface area contributed by atoms with E-state index in [0.29, 0.717) is 17.1 Å². The van der Waals surface area contributed by atoms with Crippen LogP contribution in [0.1, 0.15) is 18.9 Å². The number of rotatable bonds is 4. The lowest BCUT2D eigenvalue weighted by molar-refractivity contribution is -0.142. The van der Waals surface area contributed by atoms with Gasteiger partial charge in [0.1, 0.15) is 11.6 Å². The van der Waals surface area contributed by atoms with Gasteiger partial charge in [-0.2, -0.15) is 5.26 Å². The van der Waals surface area contributed by atoms with E-state index in [1.165, 1.54) is 21.1 Å². The molecule has 29 heavy (non-hydrogen) atoms. The first-order valence-corrected chi connectivity index (χ1v) is 10.7. The standard InChI is InChI=1S/C20H20N2O6S/c1-12-15(8-13-4-5-17(27-2)18(9-13)28-3)19(23)22(20(24)16(12)10-21)14-6-7-29(25,26)11-14/h4-5,8-9,14H,6-7,11H2,1-3H3. The van der Waals surface area contributed by atoms with Crippen LogP contribution in [0.4, 0.5) is 0 Å². The molecular formula is C20H20N2O6S. The quantitative estimate of drug-likeness (QED) is 0.539. The number of carbonyl (C=O) groups excluding carboxylic acids is 2. The SMILES string of the molecule is COc1ccc(C=C2C(=O)N(C3CCS(=O)(=O)C3)C(=O)C(C#N)=C2C)cc1OC. The third-order valence-electron chi connectivity index (χ3n) is 5.06. The van der Waals surface area contributed by atoms with Gasteiger partial charge in [0, 0.05) is 5.57 Å². The number of nitriles is 1. The molecule has 2 aliphatic rings. The maximum absolute atomic E-state index is 13.1. The fraction of sp³-hybridized carbons (Fsp3) is 0.350. The molecule has 1 aromatic rings. The summed E-state index contributed by atoms with van der Waals surface area (Å²) in [5.74, 6) is -0.755. The van der Waals surface area contributed by atoms with Gasteiger partial charge >= 0.3 is 0 Å². The van der Waals surface area contributed by atoms with E-state index in [-0.39, 0.29) is 34.6 Å². The molecule has 0 aliphatic carbocycles. The third kappa shape index (κ3) is 3.76. The van der Waals surface area contributed by atoms with Gasteiger partial charge in [-0.15, -0.1) is 0 Å². The van der Waals surface area contributed by atoms with Crippen molar-refractivity contribution in [3.8, 4) is 17.6 Å². The van der Waals surface area contributed by atoms with Crippen LogP contribution < -0.4 is 9.47 Å². The maximum atomic E-state index is 13.1. The first-order valence-electron chi connectivity index (χ1n) is 8.85.